The Morgan fingerprint density at radius 2 is 2.17 bits per heavy atom. The zero-order valence-corrected chi connectivity index (χ0v) is 8.27. The predicted molar refractivity (Wildman–Crippen MR) is 50.6 cm³/mol. The molecule has 0 aliphatic rings. The molecular formula is C7H14N4S. The van der Waals surface area contributed by atoms with Crippen molar-refractivity contribution in [1.29, 1.82) is 0 Å². The van der Waals surface area contributed by atoms with Crippen molar-refractivity contribution in [2.45, 2.75) is 31.8 Å². The Morgan fingerprint density at radius 1 is 1.42 bits per heavy atom. The molecule has 1 rings (SSSR count). The molecule has 0 radical (unpaired) electrons. The van der Waals surface area contributed by atoms with E-state index in [9.17, 15) is 0 Å². The van der Waals surface area contributed by atoms with Crippen molar-refractivity contribution in [2.75, 3.05) is 11.6 Å². The summed E-state index contributed by atoms with van der Waals surface area (Å²) in [6.45, 7) is 4.17. The van der Waals surface area contributed by atoms with Gasteiger partial charge in [-0.2, -0.15) is 0 Å². The average molecular weight is 186 g/mol. The van der Waals surface area contributed by atoms with E-state index in [0.717, 1.165) is 29.6 Å². The molecule has 68 valence electrons. The van der Waals surface area contributed by atoms with Crippen LogP contribution in [-0.4, -0.2) is 20.6 Å². The van der Waals surface area contributed by atoms with Gasteiger partial charge in [-0.15, -0.1) is 10.2 Å². The smallest absolute Gasteiger partial charge is 0.209 e. The lowest BCUT2D eigenvalue weighted by atomic mass is 10.3. The van der Waals surface area contributed by atoms with Gasteiger partial charge in [-0.25, -0.2) is 4.68 Å². The van der Waals surface area contributed by atoms with E-state index in [-0.39, 0.29) is 0 Å². The van der Waals surface area contributed by atoms with Gasteiger partial charge in [0, 0.05) is 6.42 Å². The normalized spacial score (nSPS) is 10.5. The summed E-state index contributed by atoms with van der Waals surface area (Å²) in [4.78, 5) is 0. The highest BCUT2D eigenvalue weighted by molar-refractivity contribution is 7.99. The van der Waals surface area contributed by atoms with Crippen LogP contribution in [0.5, 0.6) is 0 Å². The lowest BCUT2D eigenvalue weighted by molar-refractivity contribution is 0.757. The van der Waals surface area contributed by atoms with Crippen molar-refractivity contribution >= 4 is 11.8 Å². The van der Waals surface area contributed by atoms with Crippen LogP contribution in [0.15, 0.2) is 5.16 Å². The topological polar surface area (TPSA) is 56.7 Å². The van der Waals surface area contributed by atoms with E-state index >= 15 is 0 Å². The minimum atomic E-state index is 0.806. The van der Waals surface area contributed by atoms with Crippen LogP contribution >= 0.6 is 11.8 Å². The molecular weight excluding hydrogens is 172 g/mol. The van der Waals surface area contributed by atoms with Gasteiger partial charge in [0.2, 0.25) is 5.16 Å². The molecule has 0 bridgehead atoms. The molecule has 0 amide bonds. The van der Waals surface area contributed by atoms with E-state index < -0.39 is 0 Å². The zero-order valence-electron chi connectivity index (χ0n) is 7.45. The number of rotatable bonds is 4. The van der Waals surface area contributed by atoms with Gasteiger partial charge in [0.15, 0.2) is 5.82 Å². The Labute approximate surface area is 76.5 Å². The van der Waals surface area contributed by atoms with Gasteiger partial charge in [-0.1, -0.05) is 25.6 Å². The van der Waals surface area contributed by atoms with Crippen molar-refractivity contribution in [3.05, 3.63) is 5.82 Å². The van der Waals surface area contributed by atoms with Crippen LogP contribution in [0.1, 0.15) is 26.1 Å². The fraction of sp³-hybridized carbons (Fsp3) is 0.714. The maximum Gasteiger partial charge on any atom is 0.209 e. The first kappa shape index (κ1) is 9.38. The number of nitrogens with zero attached hydrogens (tertiary/aromatic N) is 3. The number of aryl methyl sites for hydroxylation is 1. The van der Waals surface area contributed by atoms with Gasteiger partial charge in [0.05, 0.1) is 0 Å². The Bertz CT molecular complexity index is 222. The first-order valence-electron chi connectivity index (χ1n) is 4.11. The molecule has 1 aromatic rings. The van der Waals surface area contributed by atoms with Gasteiger partial charge in [-0.3, -0.25) is 0 Å². The van der Waals surface area contributed by atoms with E-state index in [1.165, 1.54) is 0 Å². The van der Waals surface area contributed by atoms with Crippen molar-refractivity contribution in [1.82, 2.24) is 14.9 Å². The molecule has 0 saturated heterocycles. The van der Waals surface area contributed by atoms with Crippen LogP contribution in [-0.2, 0) is 6.42 Å². The largest absolute Gasteiger partial charge is 0.336 e. The Hall–Kier alpha value is -0.710. The second kappa shape index (κ2) is 4.35. The Morgan fingerprint density at radius 3 is 2.75 bits per heavy atom. The van der Waals surface area contributed by atoms with Crippen LogP contribution in [0.4, 0.5) is 0 Å². The van der Waals surface area contributed by atoms with E-state index in [4.69, 9.17) is 5.84 Å². The third-order valence-electron chi connectivity index (χ3n) is 1.48. The number of thioether (sulfide) groups is 1. The van der Waals surface area contributed by atoms with Gasteiger partial charge >= 0.3 is 0 Å². The first-order valence-corrected chi connectivity index (χ1v) is 5.10. The molecule has 1 heterocycles. The van der Waals surface area contributed by atoms with Gasteiger partial charge < -0.3 is 5.84 Å². The summed E-state index contributed by atoms with van der Waals surface area (Å²) < 4.78 is 1.58. The van der Waals surface area contributed by atoms with Crippen LogP contribution in [0.2, 0.25) is 0 Å². The third-order valence-corrected chi connectivity index (χ3v) is 2.31. The molecule has 0 aliphatic carbocycles. The van der Waals surface area contributed by atoms with Gasteiger partial charge in [0.25, 0.3) is 0 Å². The summed E-state index contributed by atoms with van der Waals surface area (Å²) in [5.41, 5.74) is 0. The molecule has 0 aromatic carbocycles. The van der Waals surface area contributed by atoms with Gasteiger partial charge in [-0.05, 0) is 12.2 Å². The monoisotopic (exact) mass is 186 g/mol. The number of nitrogen functional groups attached to an aromatic ring is 1. The quantitative estimate of drug-likeness (QED) is 0.564. The second-order valence-electron chi connectivity index (χ2n) is 2.45. The fourth-order valence-electron chi connectivity index (χ4n) is 0.929. The molecule has 0 aliphatic heterocycles. The number of nitrogens with two attached hydrogens (primary N) is 1. The predicted octanol–water partition coefficient (Wildman–Crippen LogP) is 1.06. The molecule has 0 fully saturated rings. The van der Waals surface area contributed by atoms with Crippen molar-refractivity contribution in [3.63, 3.8) is 0 Å². The maximum absolute atomic E-state index is 5.75. The van der Waals surface area contributed by atoms with Crippen LogP contribution in [0.3, 0.4) is 0 Å². The summed E-state index contributed by atoms with van der Waals surface area (Å²) in [5, 5.41) is 8.77. The fourth-order valence-corrected chi connectivity index (χ4v) is 1.53. The minimum absolute atomic E-state index is 0.806. The molecule has 5 heteroatoms. The van der Waals surface area contributed by atoms with Crippen LogP contribution in [0, 0.1) is 0 Å². The van der Waals surface area contributed by atoms with Crippen molar-refractivity contribution in [2.24, 2.45) is 0 Å². The Balaban J connectivity index is 2.74. The summed E-state index contributed by atoms with van der Waals surface area (Å²) >= 11 is 1.61. The molecule has 0 unspecified atom stereocenters. The maximum atomic E-state index is 5.75. The second-order valence-corrected chi connectivity index (χ2v) is 3.68. The minimum Gasteiger partial charge on any atom is -0.336 e. The van der Waals surface area contributed by atoms with E-state index in [1.54, 1.807) is 16.4 Å². The lowest BCUT2D eigenvalue weighted by Gasteiger charge is -1.99. The highest BCUT2D eigenvalue weighted by Crippen LogP contribution is 2.13. The number of hydrogen-bond donors (Lipinski definition) is 1. The van der Waals surface area contributed by atoms with E-state index in [1.807, 2.05) is 0 Å². The average Bonchev–Trinajstić information content (AvgIpc) is 2.38. The van der Waals surface area contributed by atoms with E-state index in [2.05, 4.69) is 24.0 Å². The highest BCUT2D eigenvalue weighted by atomic mass is 32.2. The van der Waals surface area contributed by atoms with Crippen LogP contribution < -0.4 is 5.84 Å². The Kier molecular flexibility index (Phi) is 3.40. The highest BCUT2D eigenvalue weighted by Gasteiger charge is 2.07. The standard InChI is InChI=1S/C7H14N4S/c1-3-5-6-9-10-7(11(6)8)12-4-2/h3-5,8H2,1-2H3. The molecule has 0 spiro atoms. The van der Waals surface area contributed by atoms with Crippen molar-refractivity contribution in [3.8, 4) is 0 Å². The summed E-state index contributed by atoms with van der Waals surface area (Å²) in [6, 6.07) is 0. The first-order chi connectivity index (χ1) is 5.79. The molecule has 12 heavy (non-hydrogen) atoms. The molecule has 4 nitrogen and oxygen atoms in total. The van der Waals surface area contributed by atoms with Crippen molar-refractivity contribution < 1.29 is 0 Å². The SMILES string of the molecule is CCCc1nnc(SCC)n1N. The summed E-state index contributed by atoms with van der Waals surface area (Å²) in [5.74, 6) is 7.59. The molecule has 1 aromatic heterocycles. The van der Waals surface area contributed by atoms with Gasteiger partial charge in [0.1, 0.15) is 0 Å². The third kappa shape index (κ3) is 1.91. The molecule has 2 N–H and O–H groups in total. The van der Waals surface area contributed by atoms with Crippen LogP contribution in [0.25, 0.3) is 0 Å². The summed E-state index contributed by atoms with van der Waals surface area (Å²) in [6.07, 6.45) is 1.94. The molecule has 0 atom stereocenters. The zero-order chi connectivity index (χ0) is 8.97. The summed E-state index contributed by atoms with van der Waals surface area (Å²) in [7, 11) is 0. The number of hydrogen-bond acceptors (Lipinski definition) is 4. The van der Waals surface area contributed by atoms with E-state index in [0.29, 0.717) is 0 Å². The molecule has 0 saturated carbocycles. The lowest BCUT2D eigenvalue weighted by Crippen LogP contribution is -2.13. The number of aromatic nitrogens is 3.